The Morgan fingerprint density at radius 1 is 1.36 bits per heavy atom. The molecule has 1 aliphatic rings. The lowest BCUT2D eigenvalue weighted by Crippen LogP contribution is -2.46. The molecular formula is C17H22N2O3. The lowest BCUT2D eigenvalue weighted by Gasteiger charge is -2.32. The van der Waals surface area contributed by atoms with Crippen molar-refractivity contribution in [1.82, 2.24) is 10.3 Å². The number of rotatable bonds is 3. The van der Waals surface area contributed by atoms with Crippen LogP contribution in [0.2, 0.25) is 0 Å². The first kappa shape index (κ1) is 15.1. The van der Waals surface area contributed by atoms with E-state index in [4.69, 9.17) is 4.74 Å². The van der Waals surface area contributed by atoms with Crippen LogP contribution in [0.3, 0.4) is 0 Å². The van der Waals surface area contributed by atoms with Crippen LogP contribution in [0.1, 0.15) is 34.5 Å². The largest absolute Gasteiger partial charge is 0.388 e. The highest BCUT2D eigenvalue weighted by molar-refractivity contribution is 5.99. The van der Waals surface area contributed by atoms with E-state index in [-0.39, 0.29) is 12.5 Å². The third-order valence-corrected chi connectivity index (χ3v) is 4.57. The number of ether oxygens (including phenoxy) is 1. The predicted octanol–water partition coefficient (Wildman–Crippen LogP) is 2.06. The van der Waals surface area contributed by atoms with Crippen molar-refractivity contribution in [2.45, 2.75) is 32.3 Å². The Labute approximate surface area is 129 Å². The van der Waals surface area contributed by atoms with E-state index in [1.54, 1.807) is 6.07 Å². The summed E-state index contributed by atoms with van der Waals surface area (Å²) in [4.78, 5) is 15.6. The fraction of sp³-hybridized carbons (Fsp3) is 0.471. The Morgan fingerprint density at radius 2 is 2.09 bits per heavy atom. The van der Waals surface area contributed by atoms with E-state index in [1.807, 2.05) is 26.0 Å². The molecule has 1 fully saturated rings. The number of hydrogen-bond acceptors (Lipinski definition) is 3. The maximum absolute atomic E-state index is 12.3. The van der Waals surface area contributed by atoms with Gasteiger partial charge < -0.3 is 20.1 Å². The minimum atomic E-state index is -0.849. The maximum Gasteiger partial charge on any atom is 0.251 e. The molecule has 5 nitrogen and oxygen atoms in total. The van der Waals surface area contributed by atoms with Gasteiger partial charge in [0.1, 0.15) is 0 Å². The van der Waals surface area contributed by atoms with Crippen LogP contribution in [0, 0.1) is 13.8 Å². The van der Waals surface area contributed by atoms with Crippen LogP contribution in [0.4, 0.5) is 0 Å². The molecule has 0 bridgehead atoms. The number of aliphatic hydroxyl groups is 1. The Kier molecular flexibility index (Phi) is 3.93. The lowest BCUT2D eigenvalue weighted by atomic mass is 9.94. The van der Waals surface area contributed by atoms with Gasteiger partial charge in [0, 0.05) is 54.8 Å². The van der Waals surface area contributed by atoms with Gasteiger partial charge in [-0.15, -0.1) is 0 Å². The first-order chi connectivity index (χ1) is 10.5. The average molecular weight is 302 g/mol. The van der Waals surface area contributed by atoms with Crippen molar-refractivity contribution in [1.29, 1.82) is 0 Å². The van der Waals surface area contributed by atoms with Gasteiger partial charge in [0.15, 0.2) is 0 Å². The van der Waals surface area contributed by atoms with E-state index < -0.39 is 5.60 Å². The molecule has 3 N–H and O–H groups in total. The monoisotopic (exact) mass is 302 g/mol. The number of aromatic nitrogens is 1. The number of aryl methyl sites for hydroxylation is 2. The summed E-state index contributed by atoms with van der Waals surface area (Å²) < 4.78 is 5.24. The van der Waals surface area contributed by atoms with Crippen molar-refractivity contribution in [3.05, 3.63) is 35.0 Å². The minimum absolute atomic E-state index is 0.153. The zero-order valence-electron chi connectivity index (χ0n) is 13.0. The SMILES string of the molecule is Cc1[nH]c2ccc(C(=O)NCC3(O)CCOCC3)cc2c1C. The highest BCUT2D eigenvalue weighted by Gasteiger charge is 2.30. The molecule has 1 aromatic heterocycles. The molecule has 0 radical (unpaired) electrons. The number of fused-ring (bicyclic) bond motifs is 1. The third kappa shape index (κ3) is 2.87. The highest BCUT2D eigenvalue weighted by Crippen LogP contribution is 2.23. The van der Waals surface area contributed by atoms with Crippen molar-refractivity contribution in [3.63, 3.8) is 0 Å². The van der Waals surface area contributed by atoms with Gasteiger partial charge in [-0.25, -0.2) is 0 Å². The summed E-state index contributed by atoms with van der Waals surface area (Å²) in [6.45, 7) is 5.41. The van der Waals surface area contributed by atoms with Crippen LogP contribution in [0.25, 0.3) is 10.9 Å². The summed E-state index contributed by atoms with van der Waals surface area (Å²) in [7, 11) is 0. The molecule has 1 aliphatic heterocycles. The normalized spacial score (nSPS) is 17.6. The number of aromatic amines is 1. The summed E-state index contributed by atoms with van der Waals surface area (Å²) in [6, 6.07) is 5.63. The summed E-state index contributed by atoms with van der Waals surface area (Å²) >= 11 is 0. The van der Waals surface area contributed by atoms with Gasteiger partial charge >= 0.3 is 0 Å². The van der Waals surface area contributed by atoms with Gasteiger partial charge in [0.05, 0.1) is 5.60 Å². The van der Waals surface area contributed by atoms with E-state index in [0.717, 1.165) is 22.2 Å². The Morgan fingerprint density at radius 3 is 2.82 bits per heavy atom. The predicted molar refractivity (Wildman–Crippen MR) is 85.1 cm³/mol. The summed E-state index contributed by atoms with van der Waals surface area (Å²) in [5.74, 6) is -0.153. The van der Waals surface area contributed by atoms with E-state index in [0.29, 0.717) is 31.6 Å². The molecule has 22 heavy (non-hydrogen) atoms. The number of benzene rings is 1. The third-order valence-electron chi connectivity index (χ3n) is 4.57. The van der Waals surface area contributed by atoms with E-state index >= 15 is 0 Å². The van der Waals surface area contributed by atoms with Gasteiger partial charge in [-0.1, -0.05) is 0 Å². The van der Waals surface area contributed by atoms with Crippen LogP contribution < -0.4 is 5.32 Å². The second kappa shape index (κ2) is 5.74. The van der Waals surface area contributed by atoms with Gasteiger partial charge in [0.2, 0.25) is 0 Å². The molecule has 0 spiro atoms. The number of hydrogen-bond donors (Lipinski definition) is 3. The standard InChI is InChI=1S/C17H22N2O3/c1-11-12(2)19-15-4-3-13(9-14(11)15)16(20)18-10-17(21)5-7-22-8-6-17/h3-4,9,19,21H,5-8,10H2,1-2H3,(H,18,20). The molecule has 2 heterocycles. The second-order valence-electron chi connectivity index (χ2n) is 6.15. The molecule has 1 saturated heterocycles. The summed E-state index contributed by atoms with van der Waals surface area (Å²) in [5.41, 5.74) is 3.08. The zero-order valence-corrected chi connectivity index (χ0v) is 13.0. The zero-order chi connectivity index (χ0) is 15.7. The van der Waals surface area contributed by atoms with Crippen molar-refractivity contribution < 1.29 is 14.6 Å². The summed E-state index contributed by atoms with van der Waals surface area (Å²) in [6.07, 6.45) is 1.12. The first-order valence-corrected chi connectivity index (χ1v) is 7.66. The maximum atomic E-state index is 12.3. The molecule has 5 heteroatoms. The minimum Gasteiger partial charge on any atom is -0.388 e. The quantitative estimate of drug-likeness (QED) is 0.812. The van der Waals surface area contributed by atoms with E-state index in [2.05, 4.69) is 10.3 Å². The van der Waals surface area contributed by atoms with Crippen molar-refractivity contribution in [3.8, 4) is 0 Å². The average Bonchev–Trinajstić information content (AvgIpc) is 2.80. The Hall–Kier alpha value is -1.85. The molecule has 3 rings (SSSR count). The lowest BCUT2D eigenvalue weighted by molar-refractivity contribution is -0.0605. The number of carbonyl (C=O) groups is 1. The van der Waals surface area contributed by atoms with Gasteiger partial charge in [-0.3, -0.25) is 4.79 Å². The van der Waals surface area contributed by atoms with Crippen molar-refractivity contribution in [2.75, 3.05) is 19.8 Å². The highest BCUT2D eigenvalue weighted by atomic mass is 16.5. The van der Waals surface area contributed by atoms with Crippen LogP contribution in [-0.2, 0) is 4.74 Å². The second-order valence-corrected chi connectivity index (χ2v) is 6.15. The molecule has 1 amide bonds. The van der Waals surface area contributed by atoms with Crippen LogP contribution in [0.15, 0.2) is 18.2 Å². The number of H-pyrrole nitrogens is 1. The van der Waals surface area contributed by atoms with Gasteiger partial charge in [-0.05, 0) is 37.6 Å². The smallest absolute Gasteiger partial charge is 0.251 e. The van der Waals surface area contributed by atoms with Crippen molar-refractivity contribution in [2.24, 2.45) is 0 Å². The fourth-order valence-electron chi connectivity index (χ4n) is 2.88. The Bertz CT molecular complexity index is 699. The van der Waals surface area contributed by atoms with Crippen LogP contribution >= 0.6 is 0 Å². The molecule has 0 unspecified atom stereocenters. The van der Waals surface area contributed by atoms with Gasteiger partial charge in [-0.2, -0.15) is 0 Å². The topological polar surface area (TPSA) is 74.4 Å². The number of nitrogens with one attached hydrogen (secondary N) is 2. The van der Waals surface area contributed by atoms with Crippen LogP contribution in [0.5, 0.6) is 0 Å². The molecular weight excluding hydrogens is 280 g/mol. The van der Waals surface area contributed by atoms with E-state index in [1.165, 1.54) is 0 Å². The molecule has 118 valence electrons. The van der Waals surface area contributed by atoms with Crippen LogP contribution in [-0.4, -0.2) is 41.4 Å². The molecule has 0 aliphatic carbocycles. The number of amides is 1. The van der Waals surface area contributed by atoms with Gasteiger partial charge in [0.25, 0.3) is 5.91 Å². The van der Waals surface area contributed by atoms with E-state index in [9.17, 15) is 9.90 Å². The molecule has 0 saturated carbocycles. The Balaban J connectivity index is 1.73. The first-order valence-electron chi connectivity index (χ1n) is 7.66. The molecule has 1 aromatic carbocycles. The number of carbonyl (C=O) groups excluding carboxylic acids is 1. The van der Waals surface area contributed by atoms with Crippen molar-refractivity contribution >= 4 is 16.8 Å². The molecule has 2 aromatic rings. The fourth-order valence-corrected chi connectivity index (χ4v) is 2.88. The summed E-state index contributed by atoms with van der Waals surface area (Å²) in [5, 5.41) is 14.3. The molecule has 0 atom stereocenters.